The average molecular weight is 532 g/mol. The summed E-state index contributed by atoms with van der Waals surface area (Å²) in [7, 11) is -4.15. The maximum Gasteiger partial charge on any atom is 0.264 e. The Morgan fingerprint density at radius 2 is 1.79 bits per heavy atom. The van der Waals surface area contributed by atoms with Crippen molar-refractivity contribution in [1.29, 1.82) is 0 Å². The first kappa shape index (κ1) is 26.0. The minimum Gasteiger partial charge on any atom is -0.494 e. The van der Waals surface area contributed by atoms with Crippen LogP contribution in [0.1, 0.15) is 47.2 Å². The monoisotopic (exact) mass is 531 g/mol. The molecule has 1 atom stereocenters. The number of amides is 1. The fourth-order valence-corrected chi connectivity index (χ4v) is 6.97. The summed E-state index contributed by atoms with van der Waals surface area (Å²) >= 11 is 0. The van der Waals surface area contributed by atoms with Gasteiger partial charge >= 0.3 is 0 Å². The molecular formula is C30H33N3O4S. The number of benzene rings is 3. The number of carbonyl (C=O) groups excluding carboxylic acids is 1. The van der Waals surface area contributed by atoms with E-state index < -0.39 is 21.5 Å². The number of fused-ring (bicyclic) bond motifs is 2. The summed E-state index contributed by atoms with van der Waals surface area (Å²) in [4.78, 5) is 19.2. The highest BCUT2D eigenvalue weighted by molar-refractivity contribution is 7.90. The smallest absolute Gasteiger partial charge is 0.264 e. The van der Waals surface area contributed by atoms with E-state index in [9.17, 15) is 13.2 Å². The molecule has 0 aliphatic carbocycles. The third kappa shape index (κ3) is 4.27. The van der Waals surface area contributed by atoms with Gasteiger partial charge in [0.2, 0.25) is 0 Å². The van der Waals surface area contributed by atoms with Crippen molar-refractivity contribution in [2.45, 2.75) is 58.1 Å². The topological polar surface area (TPSA) is 91.5 Å². The van der Waals surface area contributed by atoms with Gasteiger partial charge in [0.15, 0.2) is 0 Å². The van der Waals surface area contributed by atoms with Crippen molar-refractivity contribution in [3.05, 3.63) is 94.2 Å². The molecule has 2 heterocycles. The first-order valence-corrected chi connectivity index (χ1v) is 14.2. The molecule has 1 aliphatic heterocycles. The first-order chi connectivity index (χ1) is 18.1. The molecule has 8 heteroatoms. The third-order valence-corrected chi connectivity index (χ3v) is 9.03. The summed E-state index contributed by atoms with van der Waals surface area (Å²) in [6.45, 7) is 11.4. The van der Waals surface area contributed by atoms with Crippen molar-refractivity contribution in [3.8, 4) is 5.75 Å². The molecule has 1 aliphatic rings. The Morgan fingerprint density at radius 3 is 2.50 bits per heavy atom. The highest BCUT2D eigenvalue weighted by Crippen LogP contribution is 2.44. The zero-order valence-corrected chi connectivity index (χ0v) is 23.2. The van der Waals surface area contributed by atoms with Gasteiger partial charge in [-0.1, -0.05) is 35.9 Å². The van der Waals surface area contributed by atoms with Crippen molar-refractivity contribution in [2.24, 2.45) is 0 Å². The Labute approximate surface area is 223 Å². The largest absolute Gasteiger partial charge is 0.494 e. The average Bonchev–Trinajstić information content (AvgIpc) is 3.45. The molecule has 38 heavy (non-hydrogen) atoms. The molecule has 0 spiro atoms. The number of aromatic nitrogens is 1. The van der Waals surface area contributed by atoms with Gasteiger partial charge in [-0.2, -0.15) is 0 Å². The van der Waals surface area contributed by atoms with Gasteiger partial charge in [-0.3, -0.25) is 9.69 Å². The SMILES string of the molecule is CCOc1cccc2c1CN(Cc1c(C)cc(C)cc1C)C2(C)C(=O)NS(=O)(=O)c1cccc2[nH]ccc12. The van der Waals surface area contributed by atoms with Crippen LogP contribution in [-0.2, 0) is 33.4 Å². The minimum absolute atomic E-state index is 0.0614. The van der Waals surface area contributed by atoms with Crippen molar-refractivity contribution in [1.82, 2.24) is 14.6 Å². The third-order valence-electron chi connectivity index (χ3n) is 7.64. The summed E-state index contributed by atoms with van der Waals surface area (Å²) in [6.07, 6.45) is 1.68. The second kappa shape index (κ2) is 9.60. The van der Waals surface area contributed by atoms with Crippen molar-refractivity contribution in [3.63, 3.8) is 0 Å². The van der Waals surface area contributed by atoms with Crippen LogP contribution in [0.4, 0.5) is 0 Å². The van der Waals surface area contributed by atoms with E-state index in [-0.39, 0.29) is 4.90 Å². The molecule has 1 amide bonds. The lowest BCUT2D eigenvalue weighted by Crippen LogP contribution is -2.52. The minimum atomic E-state index is -4.15. The molecule has 0 fully saturated rings. The number of carbonyl (C=O) groups is 1. The molecule has 5 rings (SSSR count). The predicted octanol–water partition coefficient (Wildman–Crippen LogP) is 5.23. The zero-order chi connectivity index (χ0) is 27.2. The fourth-order valence-electron chi connectivity index (χ4n) is 5.69. The lowest BCUT2D eigenvalue weighted by molar-refractivity contribution is -0.131. The number of ether oxygens (including phenoxy) is 1. The summed E-state index contributed by atoms with van der Waals surface area (Å²) in [5, 5.41) is 0.533. The second-order valence-corrected chi connectivity index (χ2v) is 11.8. The first-order valence-electron chi connectivity index (χ1n) is 12.8. The van der Waals surface area contributed by atoms with E-state index in [1.165, 1.54) is 11.6 Å². The molecule has 0 saturated heterocycles. The summed E-state index contributed by atoms with van der Waals surface area (Å²) in [5.74, 6) is 0.115. The normalized spacial score (nSPS) is 17.5. The van der Waals surface area contributed by atoms with Crippen LogP contribution in [0.2, 0.25) is 0 Å². The van der Waals surface area contributed by atoms with E-state index in [1.54, 1.807) is 31.3 Å². The highest BCUT2D eigenvalue weighted by Gasteiger charge is 2.49. The molecule has 4 aromatic rings. The van der Waals surface area contributed by atoms with Crippen molar-refractivity contribution >= 4 is 26.8 Å². The highest BCUT2D eigenvalue weighted by atomic mass is 32.2. The van der Waals surface area contributed by atoms with Crippen LogP contribution in [0.5, 0.6) is 5.75 Å². The molecule has 2 N–H and O–H groups in total. The van der Waals surface area contributed by atoms with Crippen LogP contribution >= 0.6 is 0 Å². The van der Waals surface area contributed by atoms with Gasteiger partial charge in [0.1, 0.15) is 11.3 Å². The van der Waals surface area contributed by atoms with Crippen LogP contribution in [0.15, 0.2) is 65.7 Å². The Kier molecular flexibility index (Phi) is 6.57. The van der Waals surface area contributed by atoms with E-state index in [2.05, 4.69) is 42.6 Å². The van der Waals surface area contributed by atoms with Crippen LogP contribution in [-0.4, -0.2) is 30.8 Å². The number of rotatable bonds is 7. The number of sulfonamides is 1. The number of aryl methyl sites for hydroxylation is 3. The number of H-pyrrole nitrogens is 1. The molecular weight excluding hydrogens is 498 g/mol. The Hall–Kier alpha value is -3.62. The lowest BCUT2D eigenvalue weighted by atomic mass is 9.89. The van der Waals surface area contributed by atoms with Gasteiger partial charge in [-0.05, 0) is 81.1 Å². The van der Waals surface area contributed by atoms with Crippen LogP contribution in [0, 0.1) is 20.8 Å². The van der Waals surface area contributed by atoms with Crippen LogP contribution in [0.25, 0.3) is 10.9 Å². The van der Waals surface area contributed by atoms with E-state index >= 15 is 0 Å². The molecule has 0 radical (unpaired) electrons. The standard InChI is InChI=1S/C30H33N3O4S/c1-6-37-27-11-7-9-25-24(27)18-33(17-23-20(3)15-19(2)16-21(23)4)30(25,5)29(34)32-38(35,36)28-12-8-10-26-22(28)13-14-31-26/h7-16,31H,6,17-18H2,1-5H3,(H,32,34). The van der Waals surface area contributed by atoms with Crippen LogP contribution in [0.3, 0.4) is 0 Å². The van der Waals surface area contributed by atoms with Gasteiger partial charge < -0.3 is 9.72 Å². The maximum atomic E-state index is 14.1. The molecule has 0 bridgehead atoms. The molecule has 1 unspecified atom stereocenters. The molecule has 198 valence electrons. The number of hydrogen-bond acceptors (Lipinski definition) is 5. The Morgan fingerprint density at radius 1 is 1.08 bits per heavy atom. The van der Waals surface area contributed by atoms with Crippen LogP contribution < -0.4 is 9.46 Å². The molecule has 0 saturated carbocycles. The van der Waals surface area contributed by atoms with E-state index in [1.807, 2.05) is 30.0 Å². The number of nitrogens with one attached hydrogen (secondary N) is 2. The Bertz CT molecular complexity index is 1630. The summed E-state index contributed by atoms with van der Waals surface area (Å²) in [6, 6.07) is 16.6. The zero-order valence-electron chi connectivity index (χ0n) is 22.4. The summed E-state index contributed by atoms with van der Waals surface area (Å²) in [5.41, 5.74) is 5.67. The van der Waals surface area contributed by atoms with Crippen molar-refractivity contribution in [2.75, 3.05) is 6.61 Å². The Balaban J connectivity index is 1.58. The van der Waals surface area contributed by atoms with E-state index in [0.717, 1.165) is 27.8 Å². The van der Waals surface area contributed by atoms with Crippen molar-refractivity contribution < 1.29 is 17.9 Å². The van der Waals surface area contributed by atoms with Gasteiger partial charge in [0.25, 0.3) is 15.9 Å². The fraction of sp³-hybridized carbons (Fsp3) is 0.300. The number of nitrogens with zero attached hydrogens (tertiary/aromatic N) is 1. The quantitative estimate of drug-likeness (QED) is 0.341. The number of hydrogen-bond donors (Lipinski definition) is 2. The van der Waals surface area contributed by atoms with E-state index in [4.69, 9.17) is 4.74 Å². The van der Waals surface area contributed by atoms with Gasteiger partial charge in [0.05, 0.1) is 11.5 Å². The predicted molar refractivity (Wildman–Crippen MR) is 148 cm³/mol. The lowest BCUT2D eigenvalue weighted by Gasteiger charge is -2.35. The van der Waals surface area contributed by atoms with E-state index in [0.29, 0.717) is 36.3 Å². The molecule has 7 nitrogen and oxygen atoms in total. The summed E-state index contributed by atoms with van der Waals surface area (Å²) < 4.78 is 35.4. The van der Waals surface area contributed by atoms with Gasteiger partial charge in [-0.15, -0.1) is 0 Å². The van der Waals surface area contributed by atoms with Gasteiger partial charge in [-0.25, -0.2) is 13.1 Å². The molecule has 1 aromatic heterocycles. The molecule has 3 aromatic carbocycles. The second-order valence-electron chi connectivity index (χ2n) is 10.2. The maximum absolute atomic E-state index is 14.1. The van der Waals surface area contributed by atoms with Gasteiger partial charge in [0, 0.05) is 35.8 Å². The number of aromatic amines is 1.